The maximum Gasteiger partial charge on any atom is 0.428 e. The lowest BCUT2D eigenvalue weighted by Crippen LogP contribution is -2.60. The molecule has 2 fully saturated rings. The van der Waals surface area contributed by atoms with Crippen molar-refractivity contribution in [1.82, 2.24) is 0 Å². The van der Waals surface area contributed by atoms with Gasteiger partial charge in [0.15, 0.2) is 0 Å². The second-order valence-electron chi connectivity index (χ2n) is 4.58. The Morgan fingerprint density at radius 2 is 1.60 bits per heavy atom. The normalized spacial score (nSPS) is 48.6. The van der Waals surface area contributed by atoms with Gasteiger partial charge in [-0.3, -0.25) is 0 Å². The van der Waals surface area contributed by atoms with E-state index in [9.17, 15) is 26.3 Å². The van der Waals surface area contributed by atoms with Gasteiger partial charge in [-0.1, -0.05) is 6.92 Å². The number of hydrogen-bond acceptors (Lipinski definition) is 0. The highest BCUT2D eigenvalue weighted by molar-refractivity contribution is 5.17. The van der Waals surface area contributed by atoms with Gasteiger partial charge in [-0.2, -0.15) is 13.2 Å². The van der Waals surface area contributed by atoms with Crippen molar-refractivity contribution in [3.63, 3.8) is 0 Å². The smallest absolute Gasteiger partial charge is 0.227 e. The monoisotopic (exact) mass is 232 g/mol. The van der Waals surface area contributed by atoms with E-state index in [4.69, 9.17) is 0 Å². The lowest BCUT2D eigenvalue weighted by atomic mass is 9.77. The van der Waals surface area contributed by atoms with E-state index in [0.717, 1.165) is 0 Å². The zero-order chi connectivity index (χ0) is 11.6. The van der Waals surface area contributed by atoms with Crippen molar-refractivity contribution in [3.8, 4) is 0 Å². The zero-order valence-electron chi connectivity index (χ0n) is 7.91. The Morgan fingerprint density at radius 3 is 1.93 bits per heavy atom. The van der Waals surface area contributed by atoms with Crippen LogP contribution in [0.2, 0.25) is 0 Å². The summed E-state index contributed by atoms with van der Waals surface area (Å²) in [5.41, 5.74) is -4.31. The van der Waals surface area contributed by atoms with E-state index < -0.39 is 35.5 Å². The molecule has 6 heteroatoms. The van der Waals surface area contributed by atoms with Crippen LogP contribution in [0.3, 0.4) is 0 Å². The summed E-state index contributed by atoms with van der Waals surface area (Å²) in [7, 11) is 0. The van der Waals surface area contributed by atoms with Gasteiger partial charge in [0, 0.05) is 11.8 Å². The third-order valence-corrected chi connectivity index (χ3v) is 3.81. The van der Waals surface area contributed by atoms with Gasteiger partial charge in [-0.25, -0.2) is 13.2 Å². The molecule has 0 aliphatic heterocycles. The fourth-order valence-corrected chi connectivity index (χ4v) is 3.04. The maximum absolute atomic E-state index is 13.6. The molecule has 2 rings (SSSR count). The van der Waals surface area contributed by atoms with Crippen LogP contribution >= 0.6 is 0 Å². The molecule has 2 saturated carbocycles. The Morgan fingerprint density at radius 1 is 1.07 bits per heavy atom. The Balaban J connectivity index is 2.45. The lowest BCUT2D eigenvalue weighted by molar-refractivity contribution is -0.321. The van der Waals surface area contributed by atoms with Crippen LogP contribution in [-0.2, 0) is 0 Å². The van der Waals surface area contributed by atoms with Gasteiger partial charge >= 0.3 is 6.18 Å². The van der Waals surface area contributed by atoms with Crippen LogP contribution in [0.1, 0.15) is 19.8 Å². The van der Waals surface area contributed by atoms with Gasteiger partial charge in [-0.15, -0.1) is 0 Å². The van der Waals surface area contributed by atoms with E-state index in [0.29, 0.717) is 0 Å². The number of alkyl halides is 6. The fourth-order valence-electron chi connectivity index (χ4n) is 3.04. The van der Waals surface area contributed by atoms with Crippen molar-refractivity contribution >= 4 is 0 Å². The van der Waals surface area contributed by atoms with Crippen molar-refractivity contribution < 1.29 is 26.3 Å². The first-order chi connectivity index (χ1) is 6.62. The molecule has 2 aliphatic carbocycles. The van der Waals surface area contributed by atoms with Gasteiger partial charge < -0.3 is 0 Å². The summed E-state index contributed by atoms with van der Waals surface area (Å²) < 4.78 is 77.4. The second kappa shape index (κ2) is 2.63. The van der Waals surface area contributed by atoms with Crippen LogP contribution in [0.15, 0.2) is 0 Å². The molecule has 0 radical (unpaired) electrons. The Hall–Kier alpha value is -0.420. The van der Waals surface area contributed by atoms with Gasteiger partial charge in [0.1, 0.15) is 0 Å². The minimum absolute atomic E-state index is 0.101. The zero-order valence-corrected chi connectivity index (χ0v) is 7.91. The molecule has 4 atom stereocenters. The summed E-state index contributed by atoms with van der Waals surface area (Å²) in [5.74, 6) is -7.84. The summed E-state index contributed by atoms with van der Waals surface area (Å²) in [5, 5.41) is 0. The minimum Gasteiger partial charge on any atom is -0.227 e. The second-order valence-corrected chi connectivity index (χ2v) is 4.58. The third-order valence-electron chi connectivity index (χ3n) is 3.81. The number of rotatable bonds is 0. The molecule has 0 aromatic rings. The van der Waals surface area contributed by atoms with E-state index in [-0.39, 0.29) is 12.8 Å². The van der Waals surface area contributed by atoms with Crippen LogP contribution < -0.4 is 0 Å². The molecule has 0 aromatic carbocycles. The molecule has 0 nitrogen and oxygen atoms in total. The topological polar surface area (TPSA) is 0 Å². The molecular weight excluding hydrogens is 222 g/mol. The van der Waals surface area contributed by atoms with E-state index in [1.54, 1.807) is 0 Å². The quantitative estimate of drug-likeness (QED) is 0.560. The standard InChI is InChI=1S/C9H10F6/c1-4-2-5-3-6(4)8(11,12)7(5,10)9(13,14)15/h4-6H,2-3H2,1H3/t4?,5-,6-,7?/m1/s1. The summed E-state index contributed by atoms with van der Waals surface area (Å²) in [6.07, 6.45) is -5.93. The number of hydrogen-bond donors (Lipinski definition) is 0. The van der Waals surface area contributed by atoms with E-state index in [1.165, 1.54) is 6.92 Å². The van der Waals surface area contributed by atoms with Crippen molar-refractivity contribution in [1.29, 1.82) is 0 Å². The Labute approximate surface area is 82.6 Å². The molecule has 0 saturated heterocycles. The van der Waals surface area contributed by atoms with Crippen molar-refractivity contribution in [2.75, 3.05) is 0 Å². The maximum atomic E-state index is 13.6. The van der Waals surface area contributed by atoms with Crippen molar-refractivity contribution in [3.05, 3.63) is 0 Å². The van der Waals surface area contributed by atoms with Crippen LogP contribution in [0.4, 0.5) is 26.3 Å². The molecule has 0 amide bonds. The number of halogens is 6. The molecule has 2 unspecified atom stereocenters. The van der Waals surface area contributed by atoms with Crippen LogP contribution in [0.5, 0.6) is 0 Å². The van der Waals surface area contributed by atoms with Gasteiger partial charge in [-0.05, 0) is 18.8 Å². The molecule has 0 N–H and O–H groups in total. The predicted molar refractivity (Wildman–Crippen MR) is 40.2 cm³/mol. The van der Waals surface area contributed by atoms with E-state index >= 15 is 0 Å². The van der Waals surface area contributed by atoms with Crippen LogP contribution in [-0.4, -0.2) is 17.8 Å². The van der Waals surface area contributed by atoms with Crippen LogP contribution in [0, 0.1) is 17.8 Å². The summed E-state index contributed by atoms with van der Waals surface area (Å²) in [6, 6.07) is 0. The first-order valence-corrected chi connectivity index (χ1v) is 4.75. The number of fused-ring (bicyclic) bond motifs is 2. The summed E-state index contributed by atoms with van der Waals surface area (Å²) >= 11 is 0. The van der Waals surface area contributed by atoms with E-state index in [1.807, 2.05) is 0 Å². The van der Waals surface area contributed by atoms with E-state index in [2.05, 4.69) is 0 Å². The van der Waals surface area contributed by atoms with Gasteiger partial charge in [0.2, 0.25) is 0 Å². The molecule has 2 aliphatic rings. The van der Waals surface area contributed by atoms with Gasteiger partial charge in [0.05, 0.1) is 0 Å². The predicted octanol–water partition coefficient (Wildman–Crippen LogP) is 3.57. The first kappa shape index (κ1) is 11.1. The first-order valence-electron chi connectivity index (χ1n) is 4.75. The Bertz CT molecular complexity index is 283. The fraction of sp³-hybridized carbons (Fsp3) is 1.00. The van der Waals surface area contributed by atoms with Gasteiger partial charge in [0.25, 0.3) is 11.6 Å². The highest BCUT2D eigenvalue weighted by Gasteiger charge is 2.83. The molecule has 0 aromatic heterocycles. The summed E-state index contributed by atoms with van der Waals surface area (Å²) in [6.45, 7) is 1.45. The molecule has 15 heavy (non-hydrogen) atoms. The highest BCUT2D eigenvalue weighted by atomic mass is 19.4. The average molecular weight is 232 g/mol. The average Bonchev–Trinajstić information content (AvgIpc) is 2.49. The highest BCUT2D eigenvalue weighted by Crippen LogP contribution is 2.67. The SMILES string of the molecule is CC1C[C@@H]2C[C@H]1C(F)(F)C2(F)C(F)(F)F. The lowest BCUT2D eigenvalue weighted by Gasteiger charge is -2.40. The largest absolute Gasteiger partial charge is 0.428 e. The van der Waals surface area contributed by atoms with Crippen LogP contribution in [0.25, 0.3) is 0 Å². The molecule has 88 valence electrons. The van der Waals surface area contributed by atoms with Crippen molar-refractivity contribution in [2.24, 2.45) is 17.8 Å². The molecule has 0 heterocycles. The molecular formula is C9H10F6. The molecule has 0 spiro atoms. The summed E-state index contributed by atoms with van der Waals surface area (Å²) in [4.78, 5) is 0. The molecule has 2 bridgehead atoms. The Kier molecular flexibility index (Phi) is 1.94. The third kappa shape index (κ3) is 1.05. The minimum atomic E-state index is -5.48. The van der Waals surface area contributed by atoms with Crippen molar-refractivity contribution in [2.45, 2.75) is 37.5 Å².